The third-order valence-corrected chi connectivity index (χ3v) is 6.94. The first-order valence-corrected chi connectivity index (χ1v) is 11.8. The maximum absolute atomic E-state index is 14.5. The van der Waals surface area contributed by atoms with Crippen LogP contribution in [-0.2, 0) is 16.1 Å². The molecule has 0 aliphatic heterocycles. The Bertz CT molecular complexity index is 1020. The second kappa shape index (κ2) is 10.0. The number of hydrogen-bond acceptors (Lipinski definition) is 6. The predicted octanol–water partition coefficient (Wildman–Crippen LogP) is 5.28. The number of hydrogen-bond donors (Lipinski definition) is 1. The molecule has 2 aromatic rings. The van der Waals surface area contributed by atoms with Crippen LogP contribution in [0.3, 0.4) is 0 Å². The number of carboxylic acid groups (broad SMARTS) is 1. The van der Waals surface area contributed by atoms with Crippen LogP contribution in [0.5, 0.6) is 5.75 Å². The first-order valence-electron chi connectivity index (χ1n) is 11.8. The highest BCUT2D eigenvalue weighted by Gasteiger charge is 2.44. The smallest absolute Gasteiger partial charge is 0.410 e. The Kier molecular flexibility index (Phi) is 7.09. The lowest BCUT2D eigenvalue weighted by Gasteiger charge is -2.31. The average Bonchev–Trinajstić information content (AvgIpc) is 3.48. The van der Waals surface area contributed by atoms with Gasteiger partial charge in [-0.3, -0.25) is 0 Å². The van der Waals surface area contributed by atoms with Gasteiger partial charge in [-0.05, 0) is 63.3 Å². The molecule has 1 aromatic carbocycles. The standard InChI is InChI=1S/C25H31FN2O6/c1-16-21(15-32-24(31)28(2)18-6-3-4-7-18)22(34-27-16)17-9-11-19(12-10-17)33-20-8-5-13-25(26,14-20)23(29)30/h9-12,18,20H,3-8,13-15H2,1-2H3,(H,29,30)/t20-,25-/m0/s1. The molecule has 34 heavy (non-hydrogen) atoms. The number of rotatable bonds is 7. The van der Waals surface area contributed by atoms with Crippen LogP contribution in [-0.4, -0.2) is 52.1 Å². The van der Waals surface area contributed by atoms with Crippen molar-refractivity contribution in [2.75, 3.05) is 7.05 Å². The molecule has 1 heterocycles. The first kappa shape index (κ1) is 24.0. The lowest BCUT2D eigenvalue weighted by molar-refractivity contribution is -0.155. The van der Waals surface area contributed by atoms with Gasteiger partial charge in [0.2, 0.25) is 5.67 Å². The highest BCUT2D eigenvalue weighted by molar-refractivity contribution is 5.77. The summed E-state index contributed by atoms with van der Waals surface area (Å²) >= 11 is 0. The van der Waals surface area contributed by atoms with Gasteiger partial charge in [0.1, 0.15) is 18.5 Å². The van der Waals surface area contributed by atoms with E-state index in [1.54, 1.807) is 43.1 Å². The van der Waals surface area contributed by atoms with Crippen LogP contribution in [0.15, 0.2) is 28.8 Å². The molecule has 0 spiro atoms. The zero-order chi connectivity index (χ0) is 24.3. The second-order valence-corrected chi connectivity index (χ2v) is 9.31. The monoisotopic (exact) mass is 474 g/mol. The van der Waals surface area contributed by atoms with Gasteiger partial charge < -0.3 is 24.0 Å². The number of aromatic nitrogens is 1. The highest BCUT2D eigenvalue weighted by Crippen LogP contribution is 2.35. The van der Waals surface area contributed by atoms with Gasteiger partial charge in [-0.1, -0.05) is 18.0 Å². The van der Waals surface area contributed by atoms with E-state index in [1.807, 2.05) is 0 Å². The molecule has 2 atom stereocenters. The summed E-state index contributed by atoms with van der Waals surface area (Å²) in [6.45, 7) is 1.84. The number of halogens is 1. The third kappa shape index (κ3) is 5.18. The largest absolute Gasteiger partial charge is 0.490 e. The zero-order valence-corrected chi connectivity index (χ0v) is 19.6. The van der Waals surface area contributed by atoms with E-state index in [0.717, 1.165) is 31.2 Å². The van der Waals surface area contributed by atoms with E-state index in [2.05, 4.69) is 5.16 Å². The van der Waals surface area contributed by atoms with Crippen LogP contribution in [0, 0.1) is 6.92 Å². The Labute approximate surface area is 198 Å². The summed E-state index contributed by atoms with van der Waals surface area (Å²) in [6, 6.07) is 7.26. The van der Waals surface area contributed by atoms with Crippen molar-refractivity contribution < 1.29 is 33.1 Å². The molecule has 4 rings (SSSR count). The molecule has 0 unspecified atom stereocenters. The minimum Gasteiger partial charge on any atom is -0.490 e. The molecule has 0 bridgehead atoms. The number of carboxylic acids is 1. The average molecular weight is 475 g/mol. The molecule has 1 N–H and O–H groups in total. The Morgan fingerprint density at radius 2 is 1.91 bits per heavy atom. The number of aliphatic carboxylic acids is 1. The molecule has 2 aliphatic rings. The second-order valence-electron chi connectivity index (χ2n) is 9.31. The lowest BCUT2D eigenvalue weighted by atomic mass is 9.84. The Morgan fingerprint density at radius 3 is 2.59 bits per heavy atom. The maximum atomic E-state index is 14.5. The van der Waals surface area contributed by atoms with Gasteiger partial charge in [0.25, 0.3) is 0 Å². The number of nitrogens with zero attached hydrogens (tertiary/aromatic N) is 2. The summed E-state index contributed by atoms with van der Waals surface area (Å²) in [5, 5.41) is 13.2. The van der Waals surface area contributed by atoms with E-state index >= 15 is 0 Å². The number of carbonyl (C=O) groups excluding carboxylic acids is 1. The van der Waals surface area contributed by atoms with Gasteiger partial charge in [0, 0.05) is 25.1 Å². The summed E-state index contributed by atoms with van der Waals surface area (Å²) in [4.78, 5) is 25.4. The van der Waals surface area contributed by atoms with Gasteiger partial charge in [0.15, 0.2) is 5.76 Å². The van der Waals surface area contributed by atoms with E-state index in [4.69, 9.17) is 19.1 Å². The molecule has 1 aromatic heterocycles. The minimum absolute atomic E-state index is 0.00970. The van der Waals surface area contributed by atoms with Crippen LogP contribution >= 0.6 is 0 Å². The van der Waals surface area contributed by atoms with E-state index in [9.17, 15) is 14.0 Å². The topological polar surface area (TPSA) is 102 Å². The fraction of sp³-hybridized carbons (Fsp3) is 0.560. The van der Waals surface area contributed by atoms with E-state index in [1.165, 1.54) is 0 Å². The number of ether oxygens (including phenoxy) is 2. The maximum Gasteiger partial charge on any atom is 0.410 e. The van der Waals surface area contributed by atoms with Crippen molar-refractivity contribution in [3.63, 3.8) is 0 Å². The zero-order valence-electron chi connectivity index (χ0n) is 19.6. The molecule has 2 fully saturated rings. The quantitative estimate of drug-likeness (QED) is 0.583. The summed E-state index contributed by atoms with van der Waals surface area (Å²) in [7, 11) is 1.77. The van der Waals surface area contributed by atoms with Crippen molar-refractivity contribution in [1.29, 1.82) is 0 Å². The molecular formula is C25H31FN2O6. The molecule has 0 radical (unpaired) electrons. The Balaban J connectivity index is 1.39. The molecular weight excluding hydrogens is 443 g/mol. The number of carbonyl (C=O) groups is 2. The molecule has 8 nitrogen and oxygen atoms in total. The molecule has 184 valence electrons. The summed E-state index contributed by atoms with van der Waals surface area (Å²) < 4.78 is 31.4. The summed E-state index contributed by atoms with van der Waals surface area (Å²) in [6.07, 6.45) is 4.31. The van der Waals surface area contributed by atoms with Crippen molar-refractivity contribution in [3.8, 4) is 17.1 Å². The number of alkyl halides is 1. The van der Waals surface area contributed by atoms with Crippen molar-refractivity contribution in [1.82, 2.24) is 10.1 Å². The van der Waals surface area contributed by atoms with E-state index in [-0.39, 0.29) is 31.6 Å². The van der Waals surface area contributed by atoms with Gasteiger partial charge >= 0.3 is 12.1 Å². The number of amides is 1. The predicted molar refractivity (Wildman–Crippen MR) is 121 cm³/mol. The Morgan fingerprint density at radius 1 is 1.21 bits per heavy atom. The van der Waals surface area contributed by atoms with Crippen molar-refractivity contribution in [2.24, 2.45) is 0 Å². The minimum atomic E-state index is -2.24. The van der Waals surface area contributed by atoms with Crippen molar-refractivity contribution in [2.45, 2.75) is 82.7 Å². The van der Waals surface area contributed by atoms with Crippen molar-refractivity contribution in [3.05, 3.63) is 35.5 Å². The summed E-state index contributed by atoms with van der Waals surface area (Å²) in [5.41, 5.74) is -0.171. The molecule has 0 saturated heterocycles. The SMILES string of the molecule is Cc1noc(-c2ccc(O[C@H]3CCC[C@@](F)(C(=O)O)C3)cc2)c1COC(=O)N(C)C1CCCC1. The Hall–Kier alpha value is -3.10. The highest BCUT2D eigenvalue weighted by atomic mass is 19.1. The van der Waals surface area contributed by atoms with E-state index in [0.29, 0.717) is 35.6 Å². The molecule has 1 amide bonds. The first-order chi connectivity index (χ1) is 16.3. The van der Waals surface area contributed by atoms with Crippen LogP contribution in [0.2, 0.25) is 0 Å². The van der Waals surface area contributed by atoms with Crippen molar-refractivity contribution >= 4 is 12.1 Å². The van der Waals surface area contributed by atoms with Crippen LogP contribution < -0.4 is 4.74 Å². The number of aryl methyl sites for hydroxylation is 1. The van der Waals surface area contributed by atoms with Gasteiger partial charge in [-0.25, -0.2) is 14.0 Å². The fourth-order valence-electron chi connectivity index (χ4n) is 4.81. The normalized spacial score (nSPS) is 23.0. The molecule has 2 aliphatic carbocycles. The van der Waals surface area contributed by atoms with E-state index < -0.39 is 17.7 Å². The van der Waals surface area contributed by atoms with Gasteiger partial charge in [-0.15, -0.1) is 0 Å². The van der Waals surface area contributed by atoms with Crippen LogP contribution in [0.4, 0.5) is 9.18 Å². The lowest BCUT2D eigenvalue weighted by Crippen LogP contribution is -2.42. The fourth-order valence-corrected chi connectivity index (χ4v) is 4.81. The van der Waals surface area contributed by atoms with Gasteiger partial charge in [-0.2, -0.15) is 0 Å². The van der Waals surface area contributed by atoms with Crippen LogP contribution in [0.1, 0.15) is 62.6 Å². The molecule has 9 heteroatoms. The number of benzene rings is 1. The van der Waals surface area contributed by atoms with Crippen LogP contribution in [0.25, 0.3) is 11.3 Å². The summed E-state index contributed by atoms with van der Waals surface area (Å²) in [5.74, 6) is -0.406. The third-order valence-electron chi connectivity index (χ3n) is 6.94. The molecule has 2 saturated carbocycles. The van der Waals surface area contributed by atoms with Gasteiger partial charge in [0.05, 0.1) is 11.3 Å².